The molecule has 1 aliphatic heterocycles. The van der Waals surface area contributed by atoms with Crippen molar-refractivity contribution in [1.29, 1.82) is 0 Å². The van der Waals surface area contributed by atoms with E-state index < -0.39 is 27.6 Å². The molecule has 0 aliphatic carbocycles. The number of hydrogen-bond acceptors (Lipinski definition) is 3. The maximum atomic E-state index is 13.6. The molecule has 1 heterocycles. The second-order valence-corrected chi connectivity index (χ2v) is 5.62. The molecule has 0 unspecified atom stereocenters. The molecule has 0 fully saturated rings. The lowest BCUT2D eigenvalue weighted by Gasteiger charge is -2.25. The van der Waals surface area contributed by atoms with Gasteiger partial charge in [0.2, 0.25) is 10.0 Å². The summed E-state index contributed by atoms with van der Waals surface area (Å²) in [5, 5.41) is 4.94. The summed E-state index contributed by atoms with van der Waals surface area (Å²) in [6.07, 6.45) is 0.339. The number of fused-ring (bicyclic) bond motifs is 1. The van der Waals surface area contributed by atoms with Gasteiger partial charge in [-0.3, -0.25) is 0 Å². The Morgan fingerprint density at radius 1 is 1.41 bits per heavy atom. The molecule has 2 N–H and O–H groups in total. The second-order valence-electron chi connectivity index (χ2n) is 3.96. The molecule has 0 amide bonds. The molecule has 7 heteroatoms. The monoisotopic (exact) mass is 263 g/mol. The summed E-state index contributed by atoms with van der Waals surface area (Å²) in [6, 6.07) is 1.76. The number of halogens is 2. The van der Waals surface area contributed by atoms with E-state index in [9.17, 15) is 17.2 Å². The van der Waals surface area contributed by atoms with Crippen LogP contribution in [0, 0.1) is 11.6 Å². The van der Waals surface area contributed by atoms with Gasteiger partial charge in [0.25, 0.3) is 0 Å². The molecule has 1 aliphatic rings. The standard InChI is InChI=1S/C10H11F2NO3S/c11-7-3-8(12)10-6(5-17(13,14)15)1-2-16-9(10)4-7/h3-4,6H,1-2,5H2,(H2,13,14,15)/t6-/m0/s1. The van der Waals surface area contributed by atoms with Gasteiger partial charge in [-0.2, -0.15) is 0 Å². The fraction of sp³-hybridized carbons (Fsp3) is 0.400. The molecule has 2 rings (SSSR count). The molecule has 1 atom stereocenters. The number of primary sulfonamides is 1. The number of ether oxygens (including phenoxy) is 1. The zero-order valence-corrected chi connectivity index (χ0v) is 9.64. The summed E-state index contributed by atoms with van der Waals surface area (Å²) >= 11 is 0. The number of benzene rings is 1. The van der Waals surface area contributed by atoms with Gasteiger partial charge in [-0.05, 0) is 6.42 Å². The molecule has 17 heavy (non-hydrogen) atoms. The minimum atomic E-state index is -3.71. The van der Waals surface area contributed by atoms with Crippen LogP contribution >= 0.6 is 0 Å². The lowest BCUT2D eigenvalue weighted by atomic mass is 9.94. The molecule has 1 aromatic carbocycles. The van der Waals surface area contributed by atoms with Crippen LogP contribution in [-0.4, -0.2) is 20.8 Å². The summed E-state index contributed by atoms with van der Waals surface area (Å²) in [6.45, 7) is 0.218. The van der Waals surface area contributed by atoms with Crippen LogP contribution in [0.1, 0.15) is 17.9 Å². The van der Waals surface area contributed by atoms with Crippen molar-refractivity contribution in [1.82, 2.24) is 0 Å². The lowest BCUT2D eigenvalue weighted by Crippen LogP contribution is -2.26. The van der Waals surface area contributed by atoms with E-state index in [0.29, 0.717) is 12.5 Å². The van der Waals surface area contributed by atoms with Crippen LogP contribution in [0.5, 0.6) is 5.75 Å². The van der Waals surface area contributed by atoms with Crippen molar-refractivity contribution in [2.45, 2.75) is 12.3 Å². The molecule has 94 valence electrons. The van der Waals surface area contributed by atoms with E-state index in [0.717, 1.165) is 6.07 Å². The van der Waals surface area contributed by atoms with Crippen molar-refractivity contribution >= 4 is 10.0 Å². The highest BCUT2D eigenvalue weighted by atomic mass is 32.2. The van der Waals surface area contributed by atoms with Crippen LogP contribution in [0.25, 0.3) is 0 Å². The normalized spacial score (nSPS) is 19.6. The van der Waals surface area contributed by atoms with Crippen molar-refractivity contribution in [3.63, 3.8) is 0 Å². The van der Waals surface area contributed by atoms with Crippen molar-refractivity contribution in [3.05, 3.63) is 29.3 Å². The average Bonchev–Trinajstić information content (AvgIpc) is 2.13. The first-order valence-electron chi connectivity index (χ1n) is 4.99. The van der Waals surface area contributed by atoms with Gasteiger partial charge < -0.3 is 4.74 Å². The Bertz CT molecular complexity index is 545. The average molecular weight is 263 g/mol. The van der Waals surface area contributed by atoms with Crippen LogP contribution in [-0.2, 0) is 10.0 Å². The first-order chi connectivity index (χ1) is 7.87. The number of nitrogens with two attached hydrogens (primary N) is 1. The van der Waals surface area contributed by atoms with Crippen LogP contribution in [0.4, 0.5) is 8.78 Å². The molecule has 0 spiro atoms. The zero-order valence-electron chi connectivity index (χ0n) is 8.82. The largest absolute Gasteiger partial charge is 0.493 e. The third kappa shape index (κ3) is 2.73. The number of sulfonamides is 1. The van der Waals surface area contributed by atoms with Gasteiger partial charge >= 0.3 is 0 Å². The maximum absolute atomic E-state index is 13.6. The van der Waals surface area contributed by atoms with Crippen LogP contribution < -0.4 is 9.88 Å². The Kier molecular flexibility index (Phi) is 3.05. The van der Waals surface area contributed by atoms with E-state index in [1.54, 1.807) is 0 Å². The predicted molar refractivity (Wildman–Crippen MR) is 57.2 cm³/mol. The van der Waals surface area contributed by atoms with Crippen LogP contribution in [0.15, 0.2) is 12.1 Å². The first-order valence-corrected chi connectivity index (χ1v) is 6.70. The zero-order chi connectivity index (χ0) is 12.6. The molecular weight excluding hydrogens is 252 g/mol. The van der Waals surface area contributed by atoms with Gasteiger partial charge in [0.05, 0.1) is 12.4 Å². The van der Waals surface area contributed by atoms with Gasteiger partial charge in [-0.1, -0.05) is 0 Å². The van der Waals surface area contributed by atoms with Gasteiger partial charge in [0.15, 0.2) is 0 Å². The van der Waals surface area contributed by atoms with Crippen LogP contribution in [0.2, 0.25) is 0 Å². The van der Waals surface area contributed by atoms with Crippen molar-refractivity contribution in [2.75, 3.05) is 12.4 Å². The highest BCUT2D eigenvalue weighted by Crippen LogP contribution is 2.36. The molecule has 0 aromatic heterocycles. The van der Waals surface area contributed by atoms with E-state index in [1.165, 1.54) is 0 Å². The van der Waals surface area contributed by atoms with E-state index in [1.807, 2.05) is 0 Å². The van der Waals surface area contributed by atoms with Gasteiger partial charge in [-0.15, -0.1) is 0 Å². The van der Waals surface area contributed by atoms with Gasteiger partial charge in [-0.25, -0.2) is 22.3 Å². The topological polar surface area (TPSA) is 69.4 Å². The van der Waals surface area contributed by atoms with Gasteiger partial charge in [0.1, 0.15) is 17.4 Å². The third-order valence-corrected chi connectivity index (χ3v) is 3.49. The quantitative estimate of drug-likeness (QED) is 0.869. The van der Waals surface area contributed by atoms with E-state index >= 15 is 0 Å². The Hall–Kier alpha value is -1.21. The summed E-state index contributed by atoms with van der Waals surface area (Å²) < 4.78 is 53.7. The summed E-state index contributed by atoms with van der Waals surface area (Å²) in [5.41, 5.74) is 0.0895. The summed E-state index contributed by atoms with van der Waals surface area (Å²) in [7, 11) is -3.71. The molecule has 0 saturated carbocycles. The molecular formula is C10H11F2NO3S. The Morgan fingerprint density at radius 2 is 2.12 bits per heavy atom. The smallest absolute Gasteiger partial charge is 0.209 e. The molecule has 0 bridgehead atoms. The Balaban J connectivity index is 2.44. The minimum Gasteiger partial charge on any atom is -0.493 e. The molecule has 0 saturated heterocycles. The Morgan fingerprint density at radius 3 is 2.76 bits per heavy atom. The third-order valence-electron chi connectivity index (χ3n) is 2.62. The fourth-order valence-corrected chi connectivity index (χ4v) is 2.87. The summed E-state index contributed by atoms with van der Waals surface area (Å²) in [4.78, 5) is 0. The predicted octanol–water partition coefficient (Wildman–Crippen LogP) is 1.12. The summed E-state index contributed by atoms with van der Waals surface area (Å²) in [5.74, 6) is -2.45. The lowest BCUT2D eigenvalue weighted by molar-refractivity contribution is 0.266. The highest BCUT2D eigenvalue weighted by Gasteiger charge is 2.28. The SMILES string of the molecule is NS(=O)(=O)C[C@@H]1CCOc2cc(F)cc(F)c21. The van der Waals surface area contributed by atoms with Crippen LogP contribution in [0.3, 0.4) is 0 Å². The van der Waals surface area contributed by atoms with Gasteiger partial charge in [0, 0.05) is 23.6 Å². The number of hydrogen-bond donors (Lipinski definition) is 1. The molecule has 0 radical (unpaired) electrons. The Labute approximate surface area is 97.4 Å². The second kappa shape index (κ2) is 4.23. The number of rotatable bonds is 2. The van der Waals surface area contributed by atoms with E-state index in [2.05, 4.69) is 0 Å². The van der Waals surface area contributed by atoms with Crippen molar-refractivity contribution in [3.8, 4) is 5.75 Å². The minimum absolute atomic E-state index is 0.0578. The maximum Gasteiger partial charge on any atom is 0.209 e. The first kappa shape index (κ1) is 12.3. The van der Waals surface area contributed by atoms with Crippen molar-refractivity contribution < 1.29 is 21.9 Å². The van der Waals surface area contributed by atoms with Crippen molar-refractivity contribution in [2.24, 2.45) is 5.14 Å². The highest BCUT2D eigenvalue weighted by molar-refractivity contribution is 7.89. The molecule has 4 nitrogen and oxygen atoms in total. The fourth-order valence-electron chi connectivity index (χ4n) is 1.98. The van der Waals surface area contributed by atoms with E-state index in [-0.39, 0.29) is 23.7 Å². The molecule has 1 aromatic rings. The van der Waals surface area contributed by atoms with E-state index in [4.69, 9.17) is 9.88 Å².